The second kappa shape index (κ2) is 5.77. The maximum Gasteiger partial charge on any atom is 0.270 e. The van der Waals surface area contributed by atoms with Gasteiger partial charge in [0.2, 0.25) is 11.9 Å². The molecule has 24 heavy (non-hydrogen) atoms. The van der Waals surface area contributed by atoms with Crippen LogP contribution >= 0.6 is 0 Å². The molecule has 0 unspecified atom stereocenters. The first-order valence-electron chi connectivity index (χ1n) is 8.09. The molecule has 128 valence electrons. The molecule has 8 nitrogen and oxygen atoms in total. The van der Waals surface area contributed by atoms with Gasteiger partial charge in [0.05, 0.1) is 10.6 Å². The van der Waals surface area contributed by atoms with Gasteiger partial charge in [-0.25, -0.2) is 4.99 Å². The fourth-order valence-electron chi connectivity index (χ4n) is 3.84. The van der Waals surface area contributed by atoms with Gasteiger partial charge in [-0.05, 0) is 50.7 Å². The van der Waals surface area contributed by atoms with Crippen LogP contribution < -0.4 is 16.4 Å². The minimum Gasteiger partial charge on any atom is -0.369 e. The fourth-order valence-corrected chi connectivity index (χ4v) is 3.84. The highest BCUT2D eigenvalue weighted by Crippen LogP contribution is 2.42. The van der Waals surface area contributed by atoms with Crippen molar-refractivity contribution < 1.29 is 4.92 Å². The lowest BCUT2D eigenvalue weighted by atomic mass is 9.86. The Morgan fingerprint density at radius 1 is 1.17 bits per heavy atom. The molecule has 2 aliphatic rings. The predicted octanol–water partition coefficient (Wildman–Crippen LogP) is 2.32. The van der Waals surface area contributed by atoms with Gasteiger partial charge < -0.3 is 11.5 Å². The largest absolute Gasteiger partial charge is 0.369 e. The number of hydrogen-bond donors (Lipinski definition) is 2. The number of aliphatic imine (C=N–C) groups is 2. The molecule has 1 aliphatic carbocycles. The van der Waals surface area contributed by atoms with E-state index in [0.29, 0.717) is 5.96 Å². The Morgan fingerprint density at radius 2 is 1.75 bits per heavy atom. The number of nitrogens with zero attached hydrogens (tertiary/aromatic N) is 4. The Balaban J connectivity index is 2.16. The van der Waals surface area contributed by atoms with Crippen molar-refractivity contribution >= 4 is 23.3 Å². The maximum atomic E-state index is 11.1. The lowest BCUT2D eigenvalue weighted by Gasteiger charge is -2.46. The molecule has 1 aromatic carbocycles. The zero-order valence-corrected chi connectivity index (χ0v) is 14.0. The van der Waals surface area contributed by atoms with Crippen molar-refractivity contribution in [2.75, 3.05) is 4.90 Å². The van der Waals surface area contributed by atoms with Gasteiger partial charge in [-0.3, -0.25) is 15.0 Å². The number of nitro benzene ring substituents is 1. The molecule has 0 bridgehead atoms. The van der Waals surface area contributed by atoms with Gasteiger partial charge in [0.25, 0.3) is 5.69 Å². The van der Waals surface area contributed by atoms with Gasteiger partial charge in [-0.2, -0.15) is 4.99 Å². The molecule has 8 heteroatoms. The van der Waals surface area contributed by atoms with Crippen LogP contribution in [-0.4, -0.2) is 22.5 Å². The maximum absolute atomic E-state index is 11.1. The van der Waals surface area contributed by atoms with Crippen LogP contribution in [0.1, 0.15) is 43.2 Å². The van der Waals surface area contributed by atoms with Crippen molar-refractivity contribution in [1.82, 2.24) is 0 Å². The molecule has 1 heterocycles. The molecule has 4 N–H and O–H groups in total. The summed E-state index contributed by atoms with van der Waals surface area (Å²) in [6.07, 6.45) is 4.89. The molecule has 0 amide bonds. The average molecular weight is 330 g/mol. The molecule has 0 radical (unpaired) electrons. The van der Waals surface area contributed by atoms with Crippen molar-refractivity contribution in [2.45, 2.75) is 51.6 Å². The molecule has 0 atom stereocenters. The van der Waals surface area contributed by atoms with Gasteiger partial charge in [0, 0.05) is 12.1 Å². The van der Waals surface area contributed by atoms with Crippen LogP contribution in [0.4, 0.5) is 11.4 Å². The summed E-state index contributed by atoms with van der Waals surface area (Å²) < 4.78 is 0. The molecule has 1 spiro atoms. The van der Waals surface area contributed by atoms with E-state index in [2.05, 4.69) is 9.98 Å². The van der Waals surface area contributed by atoms with Crippen LogP contribution in [0.15, 0.2) is 22.1 Å². The van der Waals surface area contributed by atoms with E-state index in [-0.39, 0.29) is 16.6 Å². The third-order valence-electron chi connectivity index (χ3n) is 4.76. The molecule has 1 aliphatic heterocycles. The normalized spacial score (nSPS) is 19.8. The smallest absolute Gasteiger partial charge is 0.270 e. The van der Waals surface area contributed by atoms with Crippen molar-refractivity contribution in [3.63, 3.8) is 0 Å². The highest BCUT2D eigenvalue weighted by atomic mass is 16.6. The van der Waals surface area contributed by atoms with E-state index >= 15 is 0 Å². The Bertz CT molecular complexity index is 726. The third kappa shape index (κ3) is 2.57. The van der Waals surface area contributed by atoms with E-state index in [0.717, 1.165) is 48.9 Å². The number of nitro groups is 1. The summed E-state index contributed by atoms with van der Waals surface area (Å²) in [7, 11) is 0. The minimum absolute atomic E-state index is 0.0713. The lowest BCUT2D eigenvalue weighted by molar-refractivity contribution is -0.384. The van der Waals surface area contributed by atoms with E-state index in [1.807, 2.05) is 18.7 Å². The molecule has 0 aromatic heterocycles. The van der Waals surface area contributed by atoms with Crippen LogP contribution in [0.5, 0.6) is 0 Å². The summed E-state index contributed by atoms with van der Waals surface area (Å²) in [4.78, 5) is 21.4. The predicted molar refractivity (Wildman–Crippen MR) is 94.1 cm³/mol. The quantitative estimate of drug-likeness (QED) is 0.636. The summed E-state index contributed by atoms with van der Waals surface area (Å²) in [6.45, 7) is 3.70. The number of benzene rings is 1. The first-order valence-corrected chi connectivity index (χ1v) is 8.09. The number of aryl methyl sites for hydroxylation is 2. The Morgan fingerprint density at radius 3 is 2.29 bits per heavy atom. The van der Waals surface area contributed by atoms with Gasteiger partial charge in [-0.15, -0.1) is 0 Å². The first kappa shape index (κ1) is 16.2. The Kier molecular flexibility index (Phi) is 3.90. The van der Waals surface area contributed by atoms with E-state index in [1.54, 1.807) is 12.1 Å². The van der Waals surface area contributed by atoms with Crippen LogP contribution in [0, 0.1) is 24.0 Å². The van der Waals surface area contributed by atoms with Gasteiger partial charge in [0.1, 0.15) is 5.66 Å². The second-order valence-corrected chi connectivity index (χ2v) is 6.50. The summed E-state index contributed by atoms with van der Waals surface area (Å²) in [6, 6.07) is 3.13. The van der Waals surface area contributed by atoms with E-state index in [9.17, 15) is 10.1 Å². The molecule has 1 fully saturated rings. The van der Waals surface area contributed by atoms with Crippen molar-refractivity contribution in [2.24, 2.45) is 21.5 Å². The summed E-state index contributed by atoms with van der Waals surface area (Å²) in [5.41, 5.74) is 14.0. The number of nitrogens with two attached hydrogens (primary N) is 2. The van der Waals surface area contributed by atoms with E-state index in [1.165, 1.54) is 0 Å². The van der Waals surface area contributed by atoms with Gasteiger partial charge in [0.15, 0.2) is 0 Å². The van der Waals surface area contributed by atoms with Crippen LogP contribution in [0.25, 0.3) is 0 Å². The zero-order chi connectivity index (χ0) is 17.5. The topological polar surface area (TPSA) is 123 Å². The van der Waals surface area contributed by atoms with Crippen LogP contribution in [-0.2, 0) is 0 Å². The summed E-state index contributed by atoms with van der Waals surface area (Å²) >= 11 is 0. The van der Waals surface area contributed by atoms with Crippen LogP contribution in [0.3, 0.4) is 0 Å². The average Bonchev–Trinajstić information content (AvgIpc) is 2.49. The van der Waals surface area contributed by atoms with E-state index in [4.69, 9.17) is 11.5 Å². The molecule has 1 saturated carbocycles. The first-order chi connectivity index (χ1) is 11.3. The highest BCUT2D eigenvalue weighted by molar-refractivity contribution is 6.06. The van der Waals surface area contributed by atoms with Gasteiger partial charge in [-0.1, -0.05) is 6.42 Å². The Labute approximate surface area is 140 Å². The minimum atomic E-state index is -0.542. The Hall–Kier alpha value is -2.64. The highest BCUT2D eigenvalue weighted by Gasteiger charge is 2.43. The SMILES string of the molecule is Cc1cc([N+](=O)[O-])cc(C)c1N1C(N)=NC(N)=NC12CCCCC2. The number of anilines is 1. The number of guanidine groups is 2. The lowest BCUT2D eigenvalue weighted by Crippen LogP contribution is -2.58. The van der Waals surface area contributed by atoms with Crippen molar-refractivity contribution in [1.29, 1.82) is 0 Å². The molecular formula is C16H22N6O2. The second-order valence-electron chi connectivity index (χ2n) is 6.50. The molecule has 1 aromatic rings. The third-order valence-corrected chi connectivity index (χ3v) is 4.76. The molecule has 0 saturated heterocycles. The summed E-state index contributed by atoms with van der Waals surface area (Å²) in [5, 5.41) is 11.1. The molecule has 3 rings (SSSR count). The summed E-state index contributed by atoms with van der Waals surface area (Å²) in [5.74, 6) is 0.493. The zero-order valence-electron chi connectivity index (χ0n) is 14.0. The fraction of sp³-hybridized carbons (Fsp3) is 0.500. The standard InChI is InChI=1S/C16H22N6O2/c1-10-8-12(22(23)24)9-11(2)13(10)21-15(18)19-14(17)20-16(21)6-4-3-5-7-16/h8-9H,3-7H2,1-2H3,(H4,17,18,19,20). The van der Waals surface area contributed by atoms with E-state index < -0.39 is 5.66 Å². The number of non-ortho nitro benzene ring substituents is 1. The number of rotatable bonds is 2. The van der Waals surface area contributed by atoms with Crippen LogP contribution in [0.2, 0.25) is 0 Å². The van der Waals surface area contributed by atoms with Crippen molar-refractivity contribution in [3.05, 3.63) is 33.4 Å². The van der Waals surface area contributed by atoms with Crippen molar-refractivity contribution in [3.8, 4) is 0 Å². The van der Waals surface area contributed by atoms with Gasteiger partial charge >= 0.3 is 0 Å². The number of hydrogen-bond acceptors (Lipinski definition) is 7. The monoisotopic (exact) mass is 330 g/mol. The molecular weight excluding hydrogens is 308 g/mol.